The predicted molar refractivity (Wildman–Crippen MR) is 171 cm³/mol. The van der Waals surface area contributed by atoms with Gasteiger partial charge in [0.15, 0.2) is 0 Å². The van der Waals surface area contributed by atoms with Crippen molar-refractivity contribution in [1.82, 2.24) is 28.8 Å². The van der Waals surface area contributed by atoms with Crippen LogP contribution in [0.2, 0.25) is 0 Å². The molecule has 14 nitrogen and oxygen atoms in total. The molecule has 0 bridgehead atoms. The third-order valence-electron chi connectivity index (χ3n) is 9.05. The molecule has 1 saturated carbocycles. The molecule has 15 heteroatoms. The summed E-state index contributed by atoms with van der Waals surface area (Å²) >= 11 is 0. The van der Waals surface area contributed by atoms with E-state index in [1.807, 2.05) is 48.8 Å². The van der Waals surface area contributed by atoms with Gasteiger partial charge in [-0.2, -0.15) is 17.7 Å². The summed E-state index contributed by atoms with van der Waals surface area (Å²) in [5.41, 5.74) is 6.34. The number of carbonyl (C=O) groups excluding carboxylic acids is 3. The van der Waals surface area contributed by atoms with Gasteiger partial charge in [-0.15, -0.1) is 0 Å². The molecule has 3 heterocycles. The van der Waals surface area contributed by atoms with Gasteiger partial charge in [0.1, 0.15) is 29.0 Å². The maximum Gasteiger partial charge on any atom is 0.303 e. The van der Waals surface area contributed by atoms with Crippen LogP contribution in [0.15, 0.2) is 30.4 Å². The number of imidazole rings is 1. The first-order valence-corrected chi connectivity index (χ1v) is 17.2. The van der Waals surface area contributed by atoms with Crippen LogP contribution in [0, 0.1) is 5.92 Å². The van der Waals surface area contributed by atoms with E-state index in [2.05, 4.69) is 10.0 Å². The number of rotatable bonds is 7. The Kier molecular flexibility index (Phi) is 9.66. The molecule has 252 valence electrons. The van der Waals surface area contributed by atoms with Crippen LogP contribution in [-0.2, 0) is 24.6 Å². The van der Waals surface area contributed by atoms with E-state index in [1.54, 1.807) is 7.11 Å². The molecule has 2 aliphatic heterocycles. The summed E-state index contributed by atoms with van der Waals surface area (Å²) in [5.74, 6) is -1.59. The minimum Gasteiger partial charge on any atom is -0.494 e. The first-order valence-electron chi connectivity index (χ1n) is 15.8. The zero-order valence-corrected chi connectivity index (χ0v) is 27.9. The number of nitrogens with zero attached hydrogens (tertiary/aromatic N) is 4. The number of benzene rings is 1. The third kappa shape index (κ3) is 6.58. The van der Waals surface area contributed by atoms with Crippen LogP contribution in [-0.4, -0.2) is 96.4 Å². The van der Waals surface area contributed by atoms with Gasteiger partial charge in [-0.1, -0.05) is 31.1 Å². The Morgan fingerprint density at radius 2 is 1.98 bits per heavy atom. The molecule has 2 fully saturated rings. The van der Waals surface area contributed by atoms with E-state index in [0.29, 0.717) is 23.7 Å². The Hall–Kier alpha value is -3.69. The van der Waals surface area contributed by atoms with Gasteiger partial charge in [0.2, 0.25) is 11.8 Å². The summed E-state index contributed by atoms with van der Waals surface area (Å²) in [7, 11) is 0.0795. The summed E-state index contributed by atoms with van der Waals surface area (Å²) < 4.78 is 42.0. The lowest BCUT2D eigenvalue weighted by molar-refractivity contribution is -0.140. The number of nitrogens with one attached hydrogen (secondary N) is 2. The molecule has 1 saturated heterocycles. The second kappa shape index (κ2) is 13.2. The van der Waals surface area contributed by atoms with Crippen LogP contribution in [0.4, 0.5) is 0 Å². The minimum absolute atomic E-state index is 0.0195. The fourth-order valence-electron chi connectivity index (χ4n) is 6.33. The van der Waals surface area contributed by atoms with Crippen LogP contribution in [0.5, 0.6) is 11.8 Å². The van der Waals surface area contributed by atoms with Gasteiger partial charge in [0.25, 0.3) is 11.9 Å². The van der Waals surface area contributed by atoms with Crippen LogP contribution >= 0.6 is 0 Å². The van der Waals surface area contributed by atoms with Crippen molar-refractivity contribution in [1.29, 1.82) is 0 Å². The van der Waals surface area contributed by atoms with E-state index >= 15 is 0 Å². The van der Waals surface area contributed by atoms with Crippen molar-refractivity contribution >= 4 is 39.0 Å². The number of amides is 3. The smallest absolute Gasteiger partial charge is 0.303 e. The van der Waals surface area contributed by atoms with Gasteiger partial charge in [-0.05, 0) is 51.7 Å². The molecule has 2 aromatic rings. The van der Waals surface area contributed by atoms with Crippen molar-refractivity contribution in [2.24, 2.45) is 11.7 Å². The maximum absolute atomic E-state index is 14.0. The monoisotopic (exact) mass is 659 g/mol. The Bertz CT molecular complexity index is 1620. The Balaban J connectivity index is 1.46. The summed E-state index contributed by atoms with van der Waals surface area (Å²) in [6, 6.07) is 4.12. The zero-order valence-electron chi connectivity index (χ0n) is 27.1. The molecule has 0 radical (unpaired) electrons. The number of para-hydroxylation sites is 1. The predicted octanol–water partition coefficient (Wildman–Crippen LogP) is 1.62. The number of carbonyl (C=O) groups is 3. The Morgan fingerprint density at radius 1 is 1.22 bits per heavy atom. The highest BCUT2D eigenvalue weighted by Crippen LogP contribution is 2.46. The van der Waals surface area contributed by atoms with Gasteiger partial charge in [0.05, 0.1) is 25.2 Å². The fraction of sp³-hybridized carbons (Fsp3) is 0.613. The van der Waals surface area contributed by atoms with Crippen molar-refractivity contribution < 1.29 is 32.3 Å². The normalized spacial score (nSPS) is 28.2. The lowest BCUT2D eigenvalue weighted by Gasteiger charge is -2.28. The summed E-state index contributed by atoms with van der Waals surface area (Å²) in [5, 5.41) is 2.84. The summed E-state index contributed by atoms with van der Waals surface area (Å²) in [6.45, 7) is 4.09. The van der Waals surface area contributed by atoms with E-state index in [1.165, 1.54) is 19.0 Å². The zero-order chi connectivity index (χ0) is 33.4. The van der Waals surface area contributed by atoms with Crippen LogP contribution < -0.4 is 25.2 Å². The number of hydrogen-bond donors (Lipinski definition) is 3. The molecule has 5 rings (SSSR count). The average Bonchev–Trinajstić information content (AvgIpc) is 3.33. The third-order valence-corrected chi connectivity index (χ3v) is 10.5. The molecular weight excluding hydrogens is 614 g/mol. The molecule has 1 aromatic heterocycles. The number of hydrogen-bond acceptors (Lipinski definition) is 9. The van der Waals surface area contributed by atoms with E-state index in [4.69, 9.17) is 20.2 Å². The van der Waals surface area contributed by atoms with Crippen molar-refractivity contribution in [2.75, 3.05) is 27.7 Å². The quantitative estimate of drug-likeness (QED) is 0.373. The number of allylic oxidation sites excluding steroid dienone is 1. The van der Waals surface area contributed by atoms with E-state index in [9.17, 15) is 22.8 Å². The standard InChI is InChI=1S/C31H45N7O7S/c1-19(2)38-23-14-11-15-25(44-5)26(23)33-30(38)45-21-16-24-27(39)34-31(29(41)35-46(42,43)36(3)4)17-20(31)12-9-7-6-8-10-13-22(32)28(40)37(24)18-21/h9,11-12,14-15,19-22,24H,6-8,10,13,16-18,32H2,1-5H3,(H,34,39)(H,35,41)/b12-9-/t20-,21+,22-,24-,31+/m0/s1. The maximum atomic E-state index is 14.0. The molecule has 46 heavy (non-hydrogen) atoms. The molecule has 1 aromatic carbocycles. The number of ether oxygens (including phenoxy) is 2. The highest BCUT2D eigenvalue weighted by Gasteiger charge is 2.61. The molecule has 3 aliphatic rings. The second-order valence-electron chi connectivity index (χ2n) is 12.8. The highest BCUT2D eigenvalue weighted by atomic mass is 32.2. The van der Waals surface area contributed by atoms with E-state index < -0.39 is 51.7 Å². The van der Waals surface area contributed by atoms with Gasteiger partial charge >= 0.3 is 10.2 Å². The highest BCUT2D eigenvalue weighted by molar-refractivity contribution is 7.87. The first kappa shape index (κ1) is 33.7. The lowest BCUT2D eigenvalue weighted by Crippen LogP contribution is -2.58. The molecule has 0 unspecified atom stereocenters. The van der Waals surface area contributed by atoms with Crippen LogP contribution in [0.3, 0.4) is 0 Å². The molecule has 1 aliphatic carbocycles. The van der Waals surface area contributed by atoms with Gasteiger partial charge in [0, 0.05) is 32.5 Å². The van der Waals surface area contributed by atoms with Crippen molar-refractivity contribution in [3.05, 3.63) is 30.4 Å². The fourth-order valence-corrected chi connectivity index (χ4v) is 6.92. The molecule has 3 amide bonds. The van der Waals surface area contributed by atoms with Crippen LogP contribution in [0.25, 0.3) is 11.0 Å². The van der Waals surface area contributed by atoms with Crippen molar-refractivity contribution in [2.45, 2.75) is 88.6 Å². The number of nitrogens with two attached hydrogens (primary N) is 1. The summed E-state index contributed by atoms with van der Waals surface area (Å²) in [6.07, 6.45) is 7.27. The molecular formula is C31H45N7O7S. The number of aromatic nitrogens is 2. The first-order chi connectivity index (χ1) is 21.8. The second-order valence-corrected chi connectivity index (χ2v) is 14.7. The minimum atomic E-state index is -4.11. The van der Waals surface area contributed by atoms with Gasteiger partial charge < -0.3 is 25.4 Å². The Morgan fingerprint density at radius 3 is 2.67 bits per heavy atom. The Labute approximate surface area is 269 Å². The van der Waals surface area contributed by atoms with E-state index in [-0.39, 0.29) is 31.3 Å². The SMILES string of the molecule is COc1cccc2c1nc(O[C@@H]1C[C@H]3C(=O)N[C@]4(C(=O)NS(=O)(=O)N(C)C)C[C@@H]4/C=C\CCCCC[C@H](N)C(=O)N3C1)n2C(C)C. The largest absolute Gasteiger partial charge is 0.494 e. The molecule has 4 N–H and O–H groups in total. The lowest BCUT2D eigenvalue weighted by atomic mass is 10.1. The van der Waals surface area contributed by atoms with Gasteiger partial charge in [-0.25, -0.2) is 4.72 Å². The van der Waals surface area contributed by atoms with Crippen molar-refractivity contribution in [3.8, 4) is 11.8 Å². The van der Waals surface area contributed by atoms with E-state index in [0.717, 1.165) is 35.5 Å². The molecule has 5 atom stereocenters. The summed E-state index contributed by atoms with van der Waals surface area (Å²) in [4.78, 5) is 47.4. The molecule has 0 spiro atoms. The number of methoxy groups -OCH3 is 1. The average molecular weight is 660 g/mol. The number of fused-ring (bicyclic) bond motifs is 3. The van der Waals surface area contributed by atoms with Crippen molar-refractivity contribution in [3.63, 3.8) is 0 Å². The van der Waals surface area contributed by atoms with Gasteiger partial charge in [-0.3, -0.25) is 19.0 Å². The topological polar surface area (TPSA) is 178 Å². The van der Waals surface area contributed by atoms with Crippen LogP contribution in [0.1, 0.15) is 64.8 Å².